The number of methoxy groups -OCH3 is 1. The molecule has 0 saturated carbocycles. The van der Waals surface area contributed by atoms with E-state index in [-0.39, 0.29) is 17.2 Å². The molecule has 0 heterocycles. The highest BCUT2D eigenvalue weighted by atomic mass is 16.5. The lowest BCUT2D eigenvalue weighted by Gasteiger charge is -2.25. The van der Waals surface area contributed by atoms with Crippen molar-refractivity contribution in [2.45, 2.75) is 45.8 Å². The number of carbonyl (C=O) groups is 1. The predicted molar refractivity (Wildman–Crippen MR) is 57.4 cm³/mol. The summed E-state index contributed by atoms with van der Waals surface area (Å²) in [5.41, 5.74) is -0.531. The third-order valence-corrected chi connectivity index (χ3v) is 1.72. The van der Waals surface area contributed by atoms with Crippen molar-refractivity contribution in [2.75, 3.05) is 13.7 Å². The average molecular weight is 202 g/mol. The molecule has 0 saturated heterocycles. The van der Waals surface area contributed by atoms with Gasteiger partial charge in [0.2, 0.25) is 0 Å². The first-order chi connectivity index (χ1) is 6.16. The second kappa shape index (κ2) is 4.64. The van der Waals surface area contributed by atoms with Crippen LogP contribution in [0.25, 0.3) is 0 Å². The molecular formula is C10H22N2O2. The Morgan fingerprint density at radius 2 is 1.71 bits per heavy atom. The molecule has 0 radical (unpaired) electrons. The normalized spacial score (nSPS) is 12.4. The summed E-state index contributed by atoms with van der Waals surface area (Å²) in [5, 5.41) is 5.57. The highest BCUT2D eigenvalue weighted by Gasteiger charge is 2.19. The van der Waals surface area contributed by atoms with Crippen molar-refractivity contribution < 1.29 is 9.53 Å². The molecule has 0 aromatic rings. The Morgan fingerprint density at radius 1 is 1.21 bits per heavy atom. The van der Waals surface area contributed by atoms with Crippen LogP contribution in [-0.4, -0.2) is 30.8 Å². The molecule has 0 bridgehead atoms. The van der Waals surface area contributed by atoms with Crippen molar-refractivity contribution in [2.24, 2.45) is 0 Å². The standard InChI is InChI=1S/C10H22N2O2/c1-9(2,3)12-8(13)11-7-10(4,5)14-6/h7H2,1-6H3,(H2,11,12,13). The maximum Gasteiger partial charge on any atom is 0.315 e. The van der Waals surface area contributed by atoms with Crippen molar-refractivity contribution in [3.8, 4) is 0 Å². The molecule has 0 aliphatic heterocycles. The Balaban J connectivity index is 3.87. The topological polar surface area (TPSA) is 50.4 Å². The number of hydrogen-bond acceptors (Lipinski definition) is 2. The molecule has 0 fully saturated rings. The fourth-order valence-corrected chi connectivity index (χ4v) is 0.750. The summed E-state index contributed by atoms with van der Waals surface area (Å²) >= 11 is 0. The van der Waals surface area contributed by atoms with Gasteiger partial charge in [-0.2, -0.15) is 0 Å². The van der Waals surface area contributed by atoms with E-state index in [2.05, 4.69) is 10.6 Å². The van der Waals surface area contributed by atoms with Crippen LogP contribution in [0.4, 0.5) is 4.79 Å². The third kappa shape index (κ3) is 6.71. The van der Waals surface area contributed by atoms with Crippen molar-refractivity contribution >= 4 is 6.03 Å². The van der Waals surface area contributed by atoms with Crippen LogP contribution in [0, 0.1) is 0 Å². The number of amides is 2. The summed E-state index contributed by atoms with van der Waals surface area (Å²) in [6.07, 6.45) is 0. The summed E-state index contributed by atoms with van der Waals surface area (Å²) in [7, 11) is 1.63. The van der Waals surface area contributed by atoms with E-state index in [4.69, 9.17) is 4.74 Å². The Hall–Kier alpha value is -0.770. The number of ether oxygens (including phenoxy) is 1. The Labute approximate surface area is 86.4 Å². The van der Waals surface area contributed by atoms with E-state index in [1.165, 1.54) is 0 Å². The first-order valence-corrected chi connectivity index (χ1v) is 4.77. The van der Waals surface area contributed by atoms with Crippen LogP contribution in [0.3, 0.4) is 0 Å². The summed E-state index contributed by atoms with van der Waals surface area (Å²) in [5.74, 6) is 0. The molecule has 2 amide bonds. The minimum Gasteiger partial charge on any atom is -0.377 e. The van der Waals surface area contributed by atoms with E-state index < -0.39 is 0 Å². The van der Waals surface area contributed by atoms with E-state index in [1.54, 1.807) is 7.11 Å². The number of carbonyl (C=O) groups excluding carboxylic acids is 1. The third-order valence-electron chi connectivity index (χ3n) is 1.72. The average Bonchev–Trinajstić information content (AvgIpc) is 1.98. The number of urea groups is 1. The molecule has 0 aromatic heterocycles. The molecule has 0 unspecified atom stereocenters. The van der Waals surface area contributed by atoms with Gasteiger partial charge in [-0.15, -0.1) is 0 Å². The van der Waals surface area contributed by atoms with Gasteiger partial charge in [0.1, 0.15) is 0 Å². The maximum atomic E-state index is 11.3. The van der Waals surface area contributed by atoms with Crippen LogP contribution in [-0.2, 0) is 4.74 Å². The van der Waals surface area contributed by atoms with E-state index >= 15 is 0 Å². The zero-order valence-corrected chi connectivity index (χ0v) is 10.0. The Morgan fingerprint density at radius 3 is 2.07 bits per heavy atom. The van der Waals surface area contributed by atoms with Crippen LogP contribution in [0.5, 0.6) is 0 Å². The Kier molecular flexibility index (Phi) is 4.39. The van der Waals surface area contributed by atoms with E-state index in [9.17, 15) is 4.79 Å². The van der Waals surface area contributed by atoms with Crippen LogP contribution >= 0.6 is 0 Å². The van der Waals surface area contributed by atoms with Crippen LogP contribution in [0.2, 0.25) is 0 Å². The molecule has 0 spiro atoms. The molecular weight excluding hydrogens is 180 g/mol. The monoisotopic (exact) mass is 202 g/mol. The van der Waals surface area contributed by atoms with Crippen LogP contribution in [0.1, 0.15) is 34.6 Å². The minimum absolute atomic E-state index is 0.164. The summed E-state index contributed by atoms with van der Waals surface area (Å²) in [6.45, 7) is 10.1. The molecule has 2 N–H and O–H groups in total. The van der Waals surface area contributed by atoms with Gasteiger partial charge in [0.05, 0.1) is 5.60 Å². The van der Waals surface area contributed by atoms with E-state index in [0.717, 1.165) is 0 Å². The zero-order chi connectivity index (χ0) is 11.4. The Bertz CT molecular complexity index is 195. The zero-order valence-electron chi connectivity index (χ0n) is 10.0. The fraction of sp³-hybridized carbons (Fsp3) is 0.900. The molecule has 0 rings (SSSR count). The summed E-state index contributed by atoms with van der Waals surface area (Å²) in [6, 6.07) is -0.164. The molecule has 14 heavy (non-hydrogen) atoms. The van der Waals surface area contributed by atoms with Gasteiger partial charge in [-0.3, -0.25) is 0 Å². The van der Waals surface area contributed by atoms with Gasteiger partial charge in [-0.25, -0.2) is 4.79 Å². The second-order valence-corrected chi connectivity index (χ2v) is 5.02. The van der Waals surface area contributed by atoms with Crippen molar-refractivity contribution in [3.63, 3.8) is 0 Å². The van der Waals surface area contributed by atoms with Gasteiger partial charge >= 0.3 is 6.03 Å². The SMILES string of the molecule is COC(C)(C)CNC(=O)NC(C)(C)C. The van der Waals surface area contributed by atoms with Gasteiger partial charge in [0.15, 0.2) is 0 Å². The minimum atomic E-state index is -0.324. The smallest absolute Gasteiger partial charge is 0.315 e. The van der Waals surface area contributed by atoms with Gasteiger partial charge in [0, 0.05) is 19.2 Å². The van der Waals surface area contributed by atoms with Crippen molar-refractivity contribution in [1.29, 1.82) is 0 Å². The van der Waals surface area contributed by atoms with Gasteiger partial charge in [-0.1, -0.05) is 0 Å². The lowest BCUT2D eigenvalue weighted by molar-refractivity contribution is 0.0252. The molecule has 4 heteroatoms. The molecule has 0 aromatic carbocycles. The van der Waals surface area contributed by atoms with Crippen molar-refractivity contribution in [3.05, 3.63) is 0 Å². The molecule has 0 aliphatic rings. The number of hydrogen-bond donors (Lipinski definition) is 2. The highest BCUT2D eigenvalue weighted by molar-refractivity contribution is 5.74. The maximum absolute atomic E-state index is 11.3. The van der Waals surface area contributed by atoms with Gasteiger partial charge in [-0.05, 0) is 34.6 Å². The van der Waals surface area contributed by atoms with E-state index in [1.807, 2.05) is 34.6 Å². The lowest BCUT2D eigenvalue weighted by Crippen LogP contribution is -2.50. The van der Waals surface area contributed by atoms with Gasteiger partial charge < -0.3 is 15.4 Å². The first-order valence-electron chi connectivity index (χ1n) is 4.77. The second-order valence-electron chi connectivity index (χ2n) is 5.02. The molecule has 84 valence electrons. The van der Waals surface area contributed by atoms with Crippen LogP contribution in [0.15, 0.2) is 0 Å². The van der Waals surface area contributed by atoms with Crippen LogP contribution < -0.4 is 10.6 Å². The quantitative estimate of drug-likeness (QED) is 0.729. The van der Waals surface area contributed by atoms with Crippen molar-refractivity contribution in [1.82, 2.24) is 10.6 Å². The molecule has 0 atom stereocenters. The molecule has 0 aliphatic carbocycles. The number of rotatable bonds is 3. The summed E-state index contributed by atoms with van der Waals surface area (Å²) < 4.78 is 5.18. The van der Waals surface area contributed by atoms with E-state index in [0.29, 0.717) is 6.54 Å². The van der Waals surface area contributed by atoms with Gasteiger partial charge in [0.25, 0.3) is 0 Å². The largest absolute Gasteiger partial charge is 0.377 e. The predicted octanol–water partition coefficient (Wildman–Crippen LogP) is 1.51. The lowest BCUT2D eigenvalue weighted by atomic mass is 10.1. The number of nitrogens with one attached hydrogen (secondary N) is 2. The highest BCUT2D eigenvalue weighted by Crippen LogP contribution is 2.04. The first kappa shape index (κ1) is 13.2. The molecule has 4 nitrogen and oxygen atoms in total. The summed E-state index contributed by atoms with van der Waals surface area (Å²) in [4.78, 5) is 11.3. The fourth-order valence-electron chi connectivity index (χ4n) is 0.750.